The number of ether oxygens (including phenoxy) is 1. The van der Waals surface area contributed by atoms with E-state index >= 15 is 0 Å². The molecular weight excluding hydrogens is 266 g/mol. The molecule has 106 valence electrons. The smallest absolute Gasteiger partial charge is 0.143 e. The summed E-state index contributed by atoms with van der Waals surface area (Å²) < 4.78 is 5.73. The van der Waals surface area contributed by atoms with Crippen LogP contribution in [0.4, 0.5) is 5.69 Å². The summed E-state index contributed by atoms with van der Waals surface area (Å²) in [5.41, 5.74) is 9.47. The van der Waals surface area contributed by atoms with E-state index in [0.29, 0.717) is 5.69 Å². The fraction of sp³-hybridized carbons (Fsp3) is 0.294. The largest absolute Gasteiger partial charge is 0.489 e. The Hall–Kier alpha value is -1.61. The summed E-state index contributed by atoms with van der Waals surface area (Å²) in [6.45, 7) is 8.24. The van der Waals surface area contributed by atoms with Crippen LogP contribution in [0.25, 0.3) is 0 Å². The van der Waals surface area contributed by atoms with Crippen molar-refractivity contribution in [1.29, 1.82) is 0 Å². The predicted octanol–water partition coefficient (Wildman–Crippen LogP) is 4.82. The van der Waals surface area contributed by atoms with Crippen molar-refractivity contribution in [3.05, 3.63) is 47.5 Å². The highest BCUT2D eigenvalue weighted by atomic mass is 32.2. The standard InChI is InChI=1S/C17H21NOS/c1-11(2)19-14-6-5-7-16(17(14)18)20-15-9-8-12(3)10-13(15)4/h5-11H,18H2,1-4H3. The molecule has 2 rings (SSSR count). The molecule has 0 saturated carbocycles. The van der Waals surface area contributed by atoms with E-state index < -0.39 is 0 Å². The van der Waals surface area contributed by atoms with Gasteiger partial charge in [0, 0.05) is 9.79 Å². The van der Waals surface area contributed by atoms with E-state index in [4.69, 9.17) is 10.5 Å². The third kappa shape index (κ3) is 3.48. The predicted molar refractivity (Wildman–Crippen MR) is 86.7 cm³/mol. The Balaban J connectivity index is 2.29. The number of nitrogens with two attached hydrogens (primary N) is 1. The molecule has 0 fully saturated rings. The van der Waals surface area contributed by atoms with Crippen LogP contribution in [-0.4, -0.2) is 6.10 Å². The minimum atomic E-state index is 0.124. The second kappa shape index (κ2) is 6.23. The van der Waals surface area contributed by atoms with Gasteiger partial charge < -0.3 is 10.5 Å². The van der Waals surface area contributed by atoms with Crippen LogP contribution in [0.3, 0.4) is 0 Å². The van der Waals surface area contributed by atoms with E-state index in [1.807, 2.05) is 32.0 Å². The fourth-order valence-corrected chi connectivity index (χ4v) is 2.95. The summed E-state index contributed by atoms with van der Waals surface area (Å²) in [6.07, 6.45) is 0.124. The lowest BCUT2D eigenvalue weighted by atomic mass is 10.2. The van der Waals surface area contributed by atoms with Gasteiger partial charge in [0.25, 0.3) is 0 Å². The van der Waals surface area contributed by atoms with Crippen molar-refractivity contribution < 1.29 is 4.74 Å². The fourth-order valence-electron chi connectivity index (χ4n) is 2.00. The SMILES string of the molecule is Cc1ccc(Sc2cccc(OC(C)C)c2N)c(C)c1. The molecule has 0 unspecified atom stereocenters. The molecule has 0 aromatic heterocycles. The first-order chi connectivity index (χ1) is 9.47. The molecule has 0 amide bonds. The molecular formula is C17H21NOS. The van der Waals surface area contributed by atoms with Gasteiger partial charge in [-0.2, -0.15) is 0 Å². The third-order valence-corrected chi connectivity index (χ3v) is 4.19. The van der Waals surface area contributed by atoms with Crippen LogP contribution in [-0.2, 0) is 0 Å². The van der Waals surface area contributed by atoms with Crippen LogP contribution in [0.2, 0.25) is 0 Å². The van der Waals surface area contributed by atoms with Crippen molar-refractivity contribution in [2.75, 3.05) is 5.73 Å². The molecule has 0 aliphatic carbocycles. The van der Waals surface area contributed by atoms with Gasteiger partial charge in [-0.3, -0.25) is 0 Å². The van der Waals surface area contributed by atoms with Gasteiger partial charge >= 0.3 is 0 Å². The van der Waals surface area contributed by atoms with E-state index in [1.54, 1.807) is 11.8 Å². The molecule has 2 N–H and O–H groups in total. The van der Waals surface area contributed by atoms with E-state index in [2.05, 4.69) is 32.0 Å². The molecule has 0 spiro atoms. The van der Waals surface area contributed by atoms with Crippen LogP contribution < -0.4 is 10.5 Å². The van der Waals surface area contributed by atoms with Gasteiger partial charge in [0.15, 0.2) is 0 Å². The minimum Gasteiger partial charge on any atom is -0.489 e. The Morgan fingerprint density at radius 2 is 1.80 bits per heavy atom. The average molecular weight is 287 g/mol. The van der Waals surface area contributed by atoms with Gasteiger partial charge in [0.05, 0.1) is 11.8 Å². The summed E-state index contributed by atoms with van der Waals surface area (Å²) >= 11 is 1.69. The normalized spacial score (nSPS) is 10.8. The van der Waals surface area contributed by atoms with Crippen molar-refractivity contribution in [3.8, 4) is 5.75 Å². The minimum absolute atomic E-state index is 0.124. The topological polar surface area (TPSA) is 35.2 Å². The van der Waals surface area contributed by atoms with Gasteiger partial charge in [-0.1, -0.05) is 35.5 Å². The molecule has 2 nitrogen and oxygen atoms in total. The first-order valence-corrected chi connectivity index (χ1v) is 7.59. The van der Waals surface area contributed by atoms with Crippen LogP contribution in [0, 0.1) is 13.8 Å². The highest BCUT2D eigenvalue weighted by Gasteiger charge is 2.10. The highest BCUT2D eigenvalue weighted by molar-refractivity contribution is 7.99. The van der Waals surface area contributed by atoms with Gasteiger partial charge in [-0.15, -0.1) is 0 Å². The quantitative estimate of drug-likeness (QED) is 0.818. The second-order valence-corrected chi connectivity index (χ2v) is 6.29. The number of para-hydroxylation sites is 1. The van der Waals surface area contributed by atoms with Gasteiger partial charge in [0.2, 0.25) is 0 Å². The van der Waals surface area contributed by atoms with E-state index in [1.165, 1.54) is 16.0 Å². The Kier molecular flexibility index (Phi) is 4.61. The molecule has 3 heteroatoms. The zero-order valence-corrected chi connectivity index (χ0v) is 13.3. The molecule has 0 aliphatic heterocycles. The molecule has 2 aromatic rings. The zero-order chi connectivity index (χ0) is 14.7. The van der Waals surface area contributed by atoms with Crippen LogP contribution >= 0.6 is 11.8 Å². The summed E-state index contributed by atoms with van der Waals surface area (Å²) in [6, 6.07) is 12.4. The van der Waals surface area contributed by atoms with Crippen LogP contribution in [0.5, 0.6) is 5.75 Å². The van der Waals surface area contributed by atoms with Crippen LogP contribution in [0.1, 0.15) is 25.0 Å². The second-order valence-electron chi connectivity index (χ2n) is 5.21. The van der Waals surface area contributed by atoms with Crippen molar-refractivity contribution in [2.45, 2.75) is 43.6 Å². The van der Waals surface area contributed by atoms with E-state index in [-0.39, 0.29) is 6.10 Å². The molecule has 0 bridgehead atoms. The maximum atomic E-state index is 6.21. The average Bonchev–Trinajstić information content (AvgIpc) is 2.36. The maximum absolute atomic E-state index is 6.21. The van der Waals surface area contributed by atoms with Crippen molar-refractivity contribution in [1.82, 2.24) is 0 Å². The van der Waals surface area contributed by atoms with Crippen molar-refractivity contribution >= 4 is 17.4 Å². The number of anilines is 1. The van der Waals surface area contributed by atoms with E-state index in [9.17, 15) is 0 Å². The summed E-state index contributed by atoms with van der Waals surface area (Å²) in [5, 5.41) is 0. The van der Waals surface area contributed by atoms with Gasteiger partial charge in [-0.05, 0) is 51.5 Å². The number of nitrogen functional groups attached to an aromatic ring is 1. The van der Waals surface area contributed by atoms with Crippen LogP contribution in [0.15, 0.2) is 46.2 Å². The highest BCUT2D eigenvalue weighted by Crippen LogP contribution is 2.38. The van der Waals surface area contributed by atoms with Crippen molar-refractivity contribution in [3.63, 3.8) is 0 Å². The lowest BCUT2D eigenvalue weighted by molar-refractivity contribution is 0.243. The third-order valence-electron chi connectivity index (χ3n) is 2.94. The number of hydrogen-bond donors (Lipinski definition) is 1. The maximum Gasteiger partial charge on any atom is 0.143 e. The molecule has 0 radical (unpaired) electrons. The molecule has 0 saturated heterocycles. The molecule has 2 aromatic carbocycles. The summed E-state index contributed by atoms with van der Waals surface area (Å²) in [5.74, 6) is 0.759. The number of benzene rings is 2. The lowest BCUT2D eigenvalue weighted by Gasteiger charge is -2.15. The Labute approximate surface area is 125 Å². The first-order valence-electron chi connectivity index (χ1n) is 6.77. The monoisotopic (exact) mass is 287 g/mol. The Morgan fingerprint density at radius 1 is 1.05 bits per heavy atom. The summed E-state index contributed by atoms with van der Waals surface area (Å²) in [7, 11) is 0. The Morgan fingerprint density at radius 3 is 2.45 bits per heavy atom. The van der Waals surface area contributed by atoms with Crippen molar-refractivity contribution in [2.24, 2.45) is 0 Å². The Bertz CT molecular complexity index is 608. The summed E-state index contributed by atoms with van der Waals surface area (Å²) in [4.78, 5) is 2.26. The zero-order valence-electron chi connectivity index (χ0n) is 12.4. The number of hydrogen-bond acceptors (Lipinski definition) is 3. The van der Waals surface area contributed by atoms with Gasteiger partial charge in [-0.25, -0.2) is 0 Å². The molecule has 20 heavy (non-hydrogen) atoms. The van der Waals surface area contributed by atoms with Gasteiger partial charge in [0.1, 0.15) is 5.75 Å². The molecule has 0 heterocycles. The number of aryl methyl sites for hydroxylation is 2. The van der Waals surface area contributed by atoms with E-state index in [0.717, 1.165) is 10.6 Å². The lowest BCUT2D eigenvalue weighted by Crippen LogP contribution is -2.07. The molecule has 0 atom stereocenters. The number of rotatable bonds is 4. The molecule has 0 aliphatic rings. The first kappa shape index (κ1) is 14.8.